The van der Waals surface area contributed by atoms with E-state index in [-0.39, 0.29) is 36.4 Å². The van der Waals surface area contributed by atoms with Crippen LogP contribution in [0.4, 0.5) is 0 Å². The Labute approximate surface area is 167 Å². The molecule has 1 N–H and O–H groups in total. The summed E-state index contributed by atoms with van der Waals surface area (Å²) in [5.41, 5.74) is 1.35. The number of hydrogen-bond acceptors (Lipinski definition) is 4. The minimum atomic E-state index is -0.0666. The fraction of sp³-hybridized carbons (Fsp3) is 0.500. The number of halogens is 1. The van der Waals surface area contributed by atoms with Gasteiger partial charge in [0.25, 0.3) is 5.91 Å². The van der Waals surface area contributed by atoms with Crippen LogP contribution in [0, 0.1) is 0 Å². The number of amides is 1. The molecular formula is C20H29ClN4O2. The van der Waals surface area contributed by atoms with Gasteiger partial charge in [0.05, 0.1) is 0 Å². The second-order valence-corrected chi connectivity index (χ2v) is 7.77. The van der Waals surface area contributed by atoms with E-state index in [1.807, 2.05) is 34.8 Å². The summed E-state index contributed by atoms with van der Waals surface area (Å²) in [7, 11) is 1.95. The van der Waals surface area contributed by atoms with Crippen molar-refractivity contribution in [2.75, 3.05) is 26.2 Å². The summed E-state index contributed by atoms with van der Waals surface area (Å²) >= 11 is 0. The van der Waals surface area contributed by atoms with Gasteiger partial charge in [-0.2, -0.15) is 0 Å². The fourth-order valence-electron chi connectivity index (χ4n) is 3.21. The molecule has 6 nitrogen and oxygen atoms in total. The third-order valence-electron chi connectivity index (χ3n) is 4.80. The summed E-state index contributed by atoms with van der Waals surface area (Å²) in [6, 6.07) is 7.91. The van der Waals surface area contributed by atoms with Crippen molar-refractivity contribution >= 4 is 18.3 Å². The monoisotopic (exact) mass is 392 g/mol. The Morgan fingerprint density at radius 2 is 2.00 bits per heavy atom. The van der Waals surface area contributed by atoms with Crippen LogP contribution in [-0.2, 0) is 17.3 Å². The lowest BCUT2D eigenvalue weighted by Gasteiger charge is -2.35. The highest BCUT2D eigenvalue weighted by molar-refractivity contribution is 5.85. The number of nitrogens with zero attached hydrogens (tertiary/aromatic N) is 3. The standard InChI is InChI=1S/C20H28N4O2.ClH/c1-20(2,3)15-5-7-16(8-6-15)26-14-18(25)24-12-9-21-13-17(24)19-22-10-11-23(19)4;/h5-8,10-11,17,21H,9,12-14H2,1-4H3;1H. The molecule has 2 heterocycles. The Morgan fingerprint density at radius 3 is 2.59 bits per heavy atom. The van der Waals surface area contributed by atoms with Gasteiger partial charge in [0.1, 0.15) is 17.6 Å². The number of rotatable bonds is 4. The second-order valence-electron chi connectivity index (χ2n) is 7.77. The van der Waals surface area contributed by atoms with Crippen LogP contribution in [0.3, 0.4) is 0 Å². The van der Waals surface area contributed by atoms with Crippen LogP contribution in [0.25, 0.3) is 0 Å². The zero-order valence-corrected chi connectivity index (χ0v) is 17.3. The molecule has 0 saturated carbocycles. The zero-order valence-electron chi connectivity index (χ0n) is 16.4. The van der Waals surface area contributed by atoms with Crippen molar-refractivity contribution in [3.63, 3.8) is 0 Å². The Bertz CT molecular complexity index is 752. The van der Waals surface area contributed by atoms with Crippen LogP contribution in [0.5, 0.6) is 5.75 Å². The van der Waals surface area contributed by atoms with Crippen molar-refractivity contribution in [2.45, 2.75) is 32.2 Å². The molecule has 1 aromatic heterocycles. The van der Waals surface area contributed by atoms with E-state index >= 15 is 0 Å². The minimum absolute atomic E-state index is 0. The number of carbonyl (C=O) groups is 1. The molecule has 7 heteroatoms. The Balaban J connectivity index is 0.00000261. The van der Waals surface area contributed by atoms with Gasteiger partial charge >= 0.3 is 0 Å². The van der Waals surface area contributed by atoms with Gasteiger partial charge in [0.15, 0.2) is 6.61 Å². The fourth-order valence-corrected chi connectivity index (χ4v) is 3.21. The molecule has 0 spiro atoms. The first-order valence-electron chi connectivity index (χ1n) is 9.07. The number of piperazine rings is 1. The molecule has 0 aliphatic carbocycles. The maximum Gasteiger partial charge on any atom is 0.261 e. The summed E-state index contributed by atoms with van der Waals surface area (Å²) in [5, 5.41) is 3.34. The molecular weight excluding hydrogens is 364 g/mol. The molecule has 1 aromatic carbocycles. The lowest BCUT2D eigenvalue weighted by atomic mass is 9.87. The number of hydrogen-bond donors (Lipinski definition) is 1. The Hall–Kier alpha value is -2.05. The van der Waals surface area contributed by atoms with Crippen LogP contribution in [0.1, 0.15) is 38.2 Å². The van der Waals surface area contributed by atoms with Crippen molar-refractivity contribution in [2.24, 2.45) is 7.05 Å². The maximum absolute atomic E-state index is 12.8. The molecule has 0 bridgehead atoms. The van der Waals surface area contributed by atoms with Crippen LogP contribution >= 0.6 is 12.4 Å². The Kier molecular flexibility index (Phi) is 6.89. The molecule has 0 radical (unpaired) electrons. The largest absolute Gasteiger partial charge is 0.484 e. The van der Waals surface area contributed by atoms with Gasteiger partial charge in [0, 0.05) is 39.1 Å². The van der Waals surface area contributed by atoms with Crippen LogP contribution in [0.2, 0.25) is 0 Å². The first-order chi connectivity index (χ1) is 12.4. The van der Waals surface area contributed by atoms with Crippen LogP contribution in [0.15, 0.2) is 36.7 Å². The highest BCUT2D eigenvalue weighted by Gasteiger charge is 2.30. The van der Waals surface area contributed by atoms with E-state index in [4.69, 9.17) is 4.74 Å². The zero-order chi connectivity index (χ0) is 18.7. The van der Waals surface area contributed by atoms with E-state index in [9.17, 15) is 4.79 Å². The predicted molar refractivity (Wildman–Crippen MR) is 108 cm³/mol. The normalized spacial score (nSPS) is 17.3. The molecule has 1 unspecified atom stereocenters. The van der Waals surface area contributed by atoms with Gasteiger partial charge in [-0.25, -0.2) is 4.98 Å². The van der Waals surface area contributed by atoms with Gasteiger partial charge in [0.2, 0.25) is 0 Å². The summed E-state index contributed by atoms with van der Waals surface area (Å²) in [5.74, 6) is 1.59. The summed E-state index contributed by atoms with van der Waals surface area (Å²) in [4.78, 5) is 19.0. The number of imidazole rings is 1. The van der Waals surface area contributed by atoms with Crippen molar-refractivity contribution in [3.05, 3.63) is 48.0 Å². The van der Waals surface area contributed by atoms with Crippen LogP contribution < -0.4 is 10.1 Å². The van der Waals surface area contributed by atoms with E-state index in [2.05, 4.69) is 43.2 Å². The van der Waals surface area contributed by atoms with Crippen LogP contribution in [-0.4, -0.2) is 46.6 Å². The second kappa shape index (κ2) is 8.76. The lowest BCUT2D eigenvalue weighted by Crippen LogP contribution is -2.50. The predicted octanol–water partition coefficient (Wildman–Crippen LogP) is 2.69. The molecule has 148 valence electrons. The van der Waals surface area contributed by atoms with Crippen molar-refractivity contribution < 1.29 is 9.53 Å². The van der Waals surface area contributed by atoms with E-state index in [1.165, 1.54) is 5.56 Å². The van der Waals surface area contributed by atoms with E-state index < -0.39 is 0 Å². The smallest absolute Gasteiger partial charge is 0.261 e. The van der Waals surface area contributed by atoms with E-state index in [1.54, 1.807) is 6.20 Å². The highest BCUT2D eigenvalue weighted by atomic mass is 35.5. The average molecular weight is 393 g/mol. The molecule has 1 amide bonds. The van der Waals surface area contributed by atoms with E-state index in [0.717, 1.165) is 18.1 Å². The molecule has 2 aromatic rings. The van der Waals surface area contributed by atoms with Gasteiger partial charge in [-0.3, -0.25) is 4.79 Å². The summed E-state index contributed by atoms with van der Waals surface area (Å²) < 4.78 is 7.71. The molecule has 1 atom stereocenters. The summed E-state index contributed by atoms with van der Waals surface area (Å²) in [6.07, 6.45) is 3.67. The SMILES string of the molecule is Cl.Cn1ccnc1C1CNCCN1C(=O)COc1ccc(C(C)(C)C)cc1. The minimum Gasteiger partial charge on any atom is -0.484 e. The van der Waals surface area contributed by atoms with Gasteiger partial charge in [-0.05, 0) is 23.1 Å². The Morgan fingerprint density at radius 1 is 1.30 bits per heavy atom. The van der Waals surface area contributed by atoms with Gasteiger partial charge in [-0.1, -0.05) is 32.9 Å². The maximum atomic E-state index is 12.8. The average Bonchev–Trinajstić information content (AvgIpc) is 3.05. The van der Waals surface area contributed by atoms with Gasteiger partial charge < -0.3 is 19.5 Å². The van der Waals surface area contributed by atoms with Crippen molar-refractivity contribution in [1.82, 2.24) is 19.8 Å². The number of carbonyl (C=O) groups excluding carboxylic acids is 1. The van der Waals surface area contributed by atoms with Crippen molar-refractivity contribution in [3.8, 4) is 5.75 Å². The number of benzene rings is 1. The third kappa shape index (κ3) is 5.02. The molecule has 1 aliphatic heterocycles. The molecule has 1 aliphatic rings. The number of ether oxygens (including phenoxy) is 1. The summed E-state index contributed by atoms with van der Waals surface area (Å²) in [6.45, 7) is 8.71. The lowest BCUT2D eigenvalue weighted by molar-refractivity contribution is -0.137. The first kappa shape index (κ1) is 21.3. The van der Waals surface area contributed by atoms with E-state index in [0.29, 0.717) is 13.1 Å². The topological polar surface area (TPSA) is 59.4 Å². The number of nitrogens with one attached hydrogen (secondary N) is 1. The number of aromatic nitrogens is 2. The molecule has 1 saturated heterocycles. The van der Waals surface area contributed by atoms with Gasteiger partial charge in [-0.15, -0.1) is 12.4 Å². The quantitative estimate of drug-likeness (QED) is 0.869. The molecule has 3 rings (SSSR count). The number of aryl methyl sites for hydroxylation is 1. The molecule has 27 heavy (non-hydrogen) atoms. The highest BCUT2D eigenvalue weighted by Crippen LogP contribution is 2.25. The third-order valence-corrected chi connectivity index (χ3v) is 4.80. The first-order valence-corrected chi connectivity index (χ1v) is 9.07. The molecule has 1 fully saturated rings. The van der Waals surface area contributed by atoms with Crippen molar-refractivity contribution in [1.29, 1.82) is 0 Å².